The topological polar surface area (TPSA) is 34.1 Å². The second kappa shape index (κ2) is 6.17. The summed E-state index contributed by atoms with van der Waals surface area (Å²) >= 11 is 0. The molecule has 0 saturated carbocycles. The van der Waals surface area contributed by atoms with Crippen LogP contribution in [0, 0.1) is 0 Å². The normalized spacial score (nSPS) is 12.1. The van der Waals surface area contributed by atoms with Crippen LogP contribution < -0.4 is 5.32 Å². The number of nitrogens with one attached hydrogen (secondary N) is 1. The summed E-state index contributed by atoms with van der Waals surface area (Å²) in [5.41, 5.74) is 2.18. The van der Waals surface area contributed by atoms with E-state index in [0.29, 0.717) is 6.61 Å². The Labute approximate surface area is 108 Å². The van der Waals surface area contributed by atoms with Gasteiger partial charge in [-0.2, -0.15) is 0 Å². The van der Waals surface area contributed by atoms with Crippen molar-refractivity contribution in [3.63, 3.8) is 0 Å². The van der Waals surface area contributed by atoms with Crippen molar-refractivity contribution in [2.45, 2.75) is 19.6 Å². The molecule has 2 aromatic rings. The molecule has 0 aliphatic heterocycles. The maximum absolute atomic E-state index is 5.08. The van der Waals surface area contributed by atoms with E-state index in [1.54, 1.807) is 7.11 Å². The molecule has 1 heterocycles. The molecule has 94 valence electrons. The fourth-order valence-corrected chi connectivity index (χ4v) is 1.84. The third-order valence-electron chi connectivity index (χ3n) is 2.76. The number of aromatic nitrogens is 1. The van der Waals surface area contributed by atoms with E-state index < -0.39 is 0 Å². The van der Waals surface area contributed by atoms with Gasteiger partial charge in [0.05, 0.1) is 12.3 Å². The van der Waals surface area contributed by atoms with Crippen LogP contribution in [0.4, 0.5) is 5.82 Å². The van der Waals surface area contributed by atoms with Gasteiger partial charge >= 0.3 is 0 Å². The Morgan fingerprint density at radius 3 is 2.61 bits per heavy atom. The molecule has 0 aliphatic carbocycles. The van der Waals surface area contributed by atoms with E-state index in [1.165, 1.54) is 5.56 Å². The zero-order chi connectivity index (χ0) is 12.8. The zero-order valence-corrected chi connectivity index (χ0v) is 10.8. The fourth-order valence-electron chi connectivity index (χ4n) is 1.84. The number of benzene rings is 1. The Morgan fingerprint density at radius 2 is 1.89 bits per heavy atom. The first-order valence-corrected chi connectivity index (χ1v) is 6.06. The molecule has 0 amide bonds. The number of ether oxygens (including phenoxy) is 1. The third kappa shape index (κ3) is 3.31. The molecule has 0 bridgehead atoms. The van der Waals surface area contributed by atoms with Crippen molar-refractivity contribution in [2.75, 3.05) is 12.4 Å². The predicted molar refractivity (Wildman–Crippen MR) is 73.4 cm³/mol. The molecule has 1 atom stereocenters. The highest BCUT2D eigenvalue weighted by Gasteiger charge is 2.05. The van der Waals surface area contributed by atoms with E-state index in [1.807, 2.05) is 36.4 Å². The number of methoxy groups -OCH3 is 1. The molecule has 1 N–H and O–H groups in total. The monoisotopic (exact) mass is 242 g/mol. The molecule has 0 radical (unpaired) electrons. The zero-order valence-electron chi connectivity index (χ0n) is 10.8. The van der Waals surface area contributed by atoms with Gasteiger partial charge in [-0.25, -0.2) is 4.98 Å². The van der Waals surface area contributed by atoms with Gasteiger partial charge in [0.25, 0.3) is 0 Å². The Kier molecular flexibility index (Phi) is 4.31. The Morgan fingerprint density at radius 1 is 1.11 bits per heavy atom. The van der Waals surface area contributed by atoms with E-state index in [-0.39, 0.29) is 6.04 Å². The predicted octanol–water partition coefficient (Wildman–Crippen LogP) is 3.40. The van der Waals surface area contributed by atoms with Gasteiger partial charge in [0.2, 0.25) is 0 Å². The van der Waals surface area contributed by atoms with E-state index in [2.05, 4.69) is 29.4 Å². The van der Waals surface area contributed by atoms with Crippen LogP contribution in [0.3, 0.4) is 0 Å². The second-order valence-electron chi connectivity index (χ2n) is 4.22. The van der Waals surface area contributed by atoms with Crippen LogP contribution in [0.25, 0.3) is 0 Å². The molecule has 18 heavy (non-hydrogen) atoms. The van der Waals surface area contributed by atoms with E-state index >= 15 is 0 Å². The van der Waals surface area contributed by atoms with Crippen LogP contribution in [-0.4, -0.2) is 12.1 Å². The van der Waals surface area contributed by atoms with E-state index in [9.17, 15) is 0 Å². The number of rotatable bonds is 5. The van der Waals surface area contributed by atoms with E-state index in [4.69, 9.17) is 4.74 Å². The Hall–Kier alpha value is -1.87. The Balaban J connectivity index is 2.07. The summed E-state index contributed by atoms with van der Waals surface area (Å²) in [5, 5.41) is 3.39. The van der Waals surface area contributed by atoms with Crippen LogP contribution >= 0.6 is 0 Å². The molecule has 0 saturated heterocycles. The van der Waals surface area contributed by atoms with Gasteiger partial charge < -0.3 is 10.1 Å². The van der Waals surface area contributed by atoms with Crippen molar-refractivity contribution in [2.24, 2.45) is 0 Å². The number of nitrogens with zero attached hydrogens (tertiary/aromatic N) is 1. The second-order valence-corrected chi connectivity index (χ2v) is 4.22. The molecule has 1 aromatic carbocycles. The molecule has 2 rings (SSSR count). The van der Waals surface area contributed by atoms with Crippen LogP contribution in [0.2, 0.25) is 0 Å². The van der Waals surface area contributed by atoms with Gasteiger partial charge in [-0.05, 0) is 24.6 Å². The van der Waals surface area contributed by atoms with E-state index in [0.717, 1.165) is 11.5 Å². The molecule has 1 aromatic heterocycles. The smallest absolute Gasteiger partial charge is 0.126 e. The summed E-state index contributed by atoms with van der Waals surface area (Å²) < 4.78 is 5.08. The molecule has 3 nitrogen and oxygen atoms in total. The first-order valence-electron chi connectivity index (χ1n) is 6.06. The van der Waals surface area contributed by atoms with Crippen molar-refractivity contribution < 1.29 is 4.74 Å². The lowest BCUT2D eigenvalue weighted by Crippen LogP contribution is -2.08. The minimum absolute atomic E-state index is 0.233. The molecule has 1 unspecified atom stereocenters. The minimum atomic E-state index is 0.233. The van der Waals surface area contributed by atoms with Crippen molar-refractivity contribution in [1.29, 1.82) is 0 Å². The number of pyridine rings is 1. The quantitative estimate of drug-likeness (QED) is 0.872. The highest BCUT2D eigenvalue weighted by atomic mass is 16.5. The SMILES string of the molecule is COCc1cccc(NC(C)c2ccccc2)n1. The van der Waals surface area contributed by atoms with Crippen LogP contribution in [0.15, 0.2) is 48.5 Å². The number of hydrogen-bond donors (Lipinski definition) is 1. The van der Waals surface area contributed by atoms with Crippen molar-refractivity contribution in [3.05, 3.63) is 59.8 Å². The summed E-state index contributed by atoms with van der Waals surface area (Å²) in [6.45, 7) is 2.66. The van der Waals surface area contributed by atoms with Gasteiger partial charge in [0, 0.05) is 13.2 Å². The van der Waals surface area contributed by atoms with Crippen LogP contribution in [0.5, 0.6) is 0 Å². The summed E-state index contributed by atoms with van der Waals surface area (Å²) in [6, 6.07) is 16.5. The average molecular weight is 242 g/mol. The van der Waals surface area contributed by atoms with Gasteiger partial charge in [-0.3, -0.25) is 0 Å². The van der Waals surface area contributed by atoms with Crippen LogP contribution in [-0.2, 0) is 11.3 Å². The molecular weight excluding hydrogens is 224 g/mol. The van der Waals surface area contributed by atoms with Gasteiger partial charge in [0.15, 0.2) is 0 Å². The third-order valence-corrected chi connectivity index (χ3v) is 2.76. The molecule has 0 spiro atoms. The average Bonchev–Trinajstić information content (AvgIpc) is 2.40. The standard InChI is InChI=1S/C15H18N2O/c1-12(13-7-4-3-5-8-13)16-15-10-6-9-14(17-15)11-18-2/h3-10,12H,11H2,1-2H3,(H,16,17). The summed E-state index contributed by atoms with van der Waals surface area (Å²) in [7, 11) is 1.67. The molecule has 3 heteroatoms. The largest absolute Gasteiger partial charge is 0.378 e. The highest BCUT2D eigenvalue weighted by molar-refractivity contribution is 5.38. The molecular formula is C15H18N2O. The van der Waals surface area contributed by atoms with Crippen molar-refractivity contribution in [1.82, 2.24) is 4.98 Å². The summed E-state index contributed by atoms with van der Waals surface area (Å²) in [5.74, 6) is 0.876. The molecule has 0 aliphatic rings. The molecule has 0 fully saturated rings. The number of hydrogen-bond acceptors (Lipinski definition) is 3. The summed E-state index contributed by atoms with van der Waals surface area (Å²) in [6.07, 6.45) is 0. The number of anilines is 1. The highest BCUT2D eigenvalue weighted by Crippen LogP contribution is 2.17. The maximum atomic E-state index is 5.08. The van der Waals surface area contributed by atoms with Crippen molar-refractivity contribution in [3.8, 4) is 0 Å². The Bertz CT molecular complexity index is 485. The lowest BCUT2D eigenvalue weighted by atomic mass is 10.1. The van der Waals surface area contributed by atoms with Crippen molar-refractivity contribution >= 4 is 5.82 Å². The lowest BCUT2D eigenvalue weighted by molar-refractivity contribution is 0.181. The lowest BCUT2D eigenvalue weighted by Gasteiger charge is -2.15. The van der Waals surface area contributed by atoms with Crippen LogP contribution in [0.1, 0.15) is 24.2 Å². The minimum Gasteiger partial charge on any atom is -0.378 e. The maximum Gasteiger partial charge on any atom is 0.126 e. The first-order chi connectivity index (χ1) is 8.79. The van der Waals surface area contributed by atoms with Gasteiger partial charge in [-0.15, -0.1) is 0 Å². The fraction of sp³-hybridized carbons (Fsp3) is 0.267. The van der Waals surface area contributed by atoms with Gasteiger partial charge in [-0.1, -0.05) is 36.4 Å². The first kappa shape index (κ1) is 12.6. The summed E-state index contributed by atoms with van der Waals surface area (Å²) in [4.78, 5) is 4.49. The van der Waals surface area contributed by atoms with Gasteiger partial charge in [0.1, 0.15) is 5.82 Å².